The molecule has 0 heterocycles. The van der Waals surface area contributed by atoms with Gasteiger partial charge < -0.3 is 0 Å². The Morgan fingerprint density at radius 3 is 1.29 bits per heavy atom. The molecule has 0 heteroatoms. The average Bonchev–Trinajstić information content (AvgIpc) is 3.56. The Balaban J connectivity index is 1.22. The molecule has 2 saturated carbocycles. The maximum Gasteiger partial charge on any atom is -0.00965 e. The van der Waals surface area contributed by atoms with Crippen LogP contribution in [-0.4, -0.2) is 0 Å². The summed E-state index contributed by atoms with van der Waals surface area (Å²) in [7, 11) is 0. The fourth-order valence-electron chi connectivity index (χ4n) is 11.4. The molecule has 6 rings (SSSR count). The fraction of sp³-hybridized carbons (Fsp3) is 0.733. The molecular formula is C45H68. The molecule has 12 atom stereocenters. The van der Waals surface area contributed by atoms with Crippen LogP contribution < -0.4 is 0 Å². The second-order valence-corrected chi connectivity index (χ2v) is 19.4. The van der Waals surface area contributed by atoms with Gasteiger partial charge in [0.1, 0.15) is 0 Å². The highest BCUT2D eigenvalue weighted by Gasteiger charge is 2.53. The maximum absolute atomic E-state index is 2.72. The summed E-state index contributed by atoms with van der Waals surface area (Å²) < 4.78 is 0. The number of allylic oxidation sites excluding steroid dienone is 12. The maximum atomic E-state index is 2.72. The molecule has 9 unspecified atom stereocenters. The molecule has 0 radical (unpaired) electrons. The van der Waals surface area contributed by atoms with Gasteiger partial charge in [-0.25, -0.2) is 0 Å². The lowest BCUT2D eigenvalue weighted by molar-refractivity contribution is 0.156. The minimum atomic E-state index is 0.353. The number of hydrogen-bond acceptors (Lipinski definition) is 0. The highest BCUT2D eigenvalue weighted by molar-refractivity contribution is 5.32. The molecule has 0 bridgehead atoms. The van der Waals surface area contributed by atoms with Crippen molar-refractivity contribution in [2.24, 2.45) is 93.7 Å². The zero-order valence-corrected chi connectivity index (χ0v) is 30.8. The van der Waals surface area contributed by atoms with Crippen molar-refractivity contribution in [3.8, 4) is 0 Å². The van der Waals surface area contributed by atoms with Crippen LogP contribution >= 0.6 is 0 Å². The molecule has 0 aromatic heterocycles. The second kappa shape index (κ2) is 12.8. The largest absolute Gasteiger partial charge is 0.0876 e. The van der Waals surface area contributed by atoms with Crippen LogP contribution in [-0.2, 0) is 0 Å². The van der Waals surface area contributed by atoms with Crippen LogP contribution in [0.3, 0.4) is 0 Å². The first-order valence-electron chi connectivity index (χ1n) is 19.3. The van der Waals surface area contributed by atoms with Gasteiger partial charge in [-0.3, -0.25) is 0 Å². The minimum Gasteiger partial charge on any atom is -0.0876 e. The molecule has 0 aliphatic heterocycles. The molecular weight excluding hydrogens is 540 g/mol. The summed E-state index contributed by atoms with van der Waals surface area (Å²) in [4.78, 5) is 0. The van der Waals surface area contributed by atoms with E-state index in [-0.39, 0.29) is 0 Å². The van der Waals surface area contributed by atoms with Crippen LogP contribution in [0.15, 0.2) is 71.9 Å². The van der Waals surface area contributed by atoms with E-state index in [0.29, 0.717) is 22.7 Å². The zero-order valence-electron chi connectivity index (χ0n) is 30.8. The lowest BCUT2D eigenvalue weighted by atomic mass is 9.66. The lowest BCUT2D eigenvalue weighted by Crippen LogP contribution is -2.31. The van der Waals surface area contributed by atoms with Crippen molar-refractivity contribution in [1.82, 2.24) is 0 Å². The predicted molar refractivity (Wildman–Crippen MR) is 196 cm³/mol. The Labute approximate surface area is 279 Å². The van der Waals surface area contributed by atoms with Crippen LogP contribution in [0.25, 0.3) is 0 Å². The van der Waals surface area contributed by atoms with Gasteiger partial charge in [-0.15, -0.1) is 0 Å². The van der Waals surface area contributed by atoms with E-state index in [4.69, 9.17) is 0 Å². The van der Waals surface area contributed by atoms with Crippen LogP contribution in [0.2, 0.25) is 0 Å². The molecule has 0 aromatic carbocycles. The Morgan fingerprint density at radius 2 is 0.978 bits per heavy atom. The first-order chi connectivity index (χ1) is 21.2. The van der Waals surface area contributed by atoms with Crippen molar-refractivity contribution in [3.63, 3.8) is 0 Å². The quantitative estimate of drug-likeness (QED) is 0.263. The number of hydrogen-bond donors (Lipinski definition) is 0. The molecule has 0 amide bonds. The Kier molecular flexibility index (Phi) is 9.49. The molecule has 6 aliphatic carbocycles. The molecule has 248 valence electrons. The SMILES string of the molecule is CC(C)C1CC2C(C=CC[C@H]2C2=CCC(C(C)(C)C)C=C2)C1CC1C2C=CC[C@@H](C3=CC[C@@H](C(C)(C)C)C=C3)C2CC1C(C)C. The van der Waals surface area contributed by atoms with Crippen molar-refractivity contribution in [3.05, 3.63) is 71.9 Å². The van der Waals surface area contributed by atoms with Gasteiger partial charge >= 0.3 is 0 Å². The minimum absolute atomic E-state index is 0.353. The van der Waals surface area contributed by atoms with Crippen molar-refractivity contribution in [2.45, 2.75) is 114 Å². The Hall–Kier alpha value is -1.56. The van der Waals surface area contributed by atoms with Gasteiger partial charge in [0, 0.05) is 0 Å². The predicted octanol–water partition coefficient (Wildman–Crippen LogP) is 12.7. The fourth-order valence-corrected chi connectivity index (χ4v) is 11.4. The normalized spacial score (nSPS) is 41.4. The highest BCUT2D eigenvalue weighted by atomic mass is 14.6. The summed E-state index contributed by atoms with van der Waals surface area (Å²) in [5, 5.41) is 0. The summed E-state index contributed by atoms with van der Waals surface area (Å²) in [6, 6.07) is 0. The van der Waals surface area contributed by atoms with E-state index in [1.165, 1.54) is 44.9 Å². The van der Waals surface area contributed by atoms with Gasteiger partial charge in [0.15, 0.2) is 0 Å². The van der Waals surface area contributed by atoms with E-state index < -0.39 is 0 Å². The van der Waals surface area contributed by atoms with Crippen LogP contribution in [0.1, 0.15) is 114 Å². The summed E-state index contributed by atoms with van der Waals surface area (Å²) >= 11 is 0. The average molecular weight is 609 g/mol. The van der Waals surface area contributed by atoms with E-state index in [9.17, 15) is 0 Å². The smallest absolute Gasteiger partial charge is 0.00965 e. The van der Waals surface area contributed by atoms with Crippen molar-refractivity contribution < 1.29 is 0 Å². The summed E-state index contributed by atoms with van der Waals surface area (Å²) in [5.41, 5.74) is 4.04. The standard InChI is InChI=1S/C45H68/c1-28(2)38-25-40-34(30-17-21-32(22-18-30)44(5,6)7)13-11-15-36(40)42(38)27-43-37-16-12-14-35(41(37)26-39(43)29(3)4)31-19-23-33(24-20-31)45(8,9)10/h11-12,15-21,23,28-29,32-43H,13-14,22,24-27H2,1-10H3/t32-,33?,34-,35-,36?,37?,38?,39?,40?,41?,42?,43?/m0/s1. The molecule has 0 saturated heterocycles. The second-order valence-electron chi connectivity index (χ2n) is 19.4. The van der Waals surface area contributed by atoms with Gasteiger partial charge in [0.25, 0.3) is 0 Å². The van der Waals surface area contributed by atoms with Gasteiger partial charge in [0.2, 0.25) is 0 Å². The van der Waals surface area contributed by atoms with Gasteiger partial charge in [0.05, 0.1) is 0 Å². The molecule has 2 fully saturated rings. The molecule has 0 N–H and O–H groups in total. The Morgan fingerprint density at radius 1 is 0.578 bits per heavy atom. The van der Waals surface area contributed by atoms with E-state index in [1.807, 2.05) is 0 Å². The highest BCUT2D eigenvalue weighted by Crippen LogP contribution is 2.60. The molecule has 0 spiro atoms. The topological polar surface area (TPSA) is 0 Å². The number of fused-ring (bicyclic) bond motifs is 2. The van der Waals surface area contributed by atoms with E-state index in [2.05, 4.69) is 130 Å². The summed E-state index contributed by atoms with van der Waals surface area (Å²) in [5.74, 6) is 10.9. The van der Waals surface area contributed by atoms with Crippen LogP contribution in [0.4, 0.5) is 0 Å². The third-order valence-electron chi connectivity index (χ3n) is 14.3. The van der Waals surface area contributed by atoms with Crippen LogP contribution in [0, 0.1) is 93.7 Å². The summed E-state index contributed by atoms with van der Waals surface area (Å²) in [6.07, 6.45) is 35.5. The van der Waals surface area contributed by atoms with E-state index >= 15 is 0 Å². The van der Waals surface area contributed by atoms with Crippen molar-refractivity contribution in [1.29, 1.82) is 0 Å². The van der Waals surface area contributed by atoms with E-state index in [0.717, 1.165) is 71.0 Å². The number of rotatable bonds is 6. The van der Waals surface area contributed by atoms with Gasteiger partial charge in [-0.2, -0.15) is 0 Å². The monoisotopic (exact) mass is 609 g/mol. The first kappa shape index (κ1) is 33.3. The molecule has 0 aromatic rings. The lowest BCUT2D eigenvalue weighted by Gasteiger charge is -2.39. The van der Waals surface area contributed by atoms with E-state index in [1.54, 1.807) is 11.1 Å². The third-order valence-corrected chi connectivity index (χ3v) is 14.3. The Bertz CT molecular complexity index is 1130. The van der Waals surface area contributed by atoms with Gasteiger partial charge in [-0.05, 0) is 150 Å². The van der Waals surface area contributed by atoms with Gasteiger partial charge in [-0.1, -0.05) is 130 Å². The molecule has 6 aliphatic rings. The molecule has 45 heavy (non-hydrogen) atoms. The molecule has 0 nitrogen and oxygen atoms in total. The van der Waals surface area contributed by atoms with Crippen LogP contribution in [0.5, 0.6) is 0 Å². The van der Waals surface area contributed by atoms with Crippen molar-refractivity contribution >= 4 is 0 Å². The summed E-state index contributed by atoms with van der Waals surface area (Å²) in [6.45, 7) is 24.6. The third kappa shape index (κ3) is 6.61. The zero-order chi connectivity index (χ0) is 32.3. The first-order valence-corrected chi connectivity index (χ1v) is 19.3. The van der Waals surface area contributed by atoms with Crippen molar-refractivity contribution in [2.75, 3.05) is 0 Å².